The van der Waals surface area contributed by atoms with E-state index in [-0.39, 0.29) is 4.75 Å². The van der Waals surface area contributed by atoms with Crippen LogP contribution in [0.3, 0.4) is 0 Å². The fourth-order valence-corrected chi connectivity index (χ4v) is 2.48. The van der Waals surface area contributed by atoms with Crippen molar-refractivity contribution >= 4 is 17.7 Å². The number of hydrogen-bond donors (Lipinski definition) is 0. The van der Waals surface area contributed by atoms with Crippen LogP contribution in [-0.4, -0.2) is 40.8 Å². The Labute approximate surface area is 87.0 Å². The van der Waals surface area contributed by atoms with Crippen molar-refractivity contribution in [3.8, 4) is 0 Å². The first-order chi connectivity index (χ1) is 6.42. The molecule has 1 rings (SSSR count). The monoisotopic (exact) mass is 223 g/mol. The third-order valence-electron chi connectivity index (χ3n) is 2.34. The first-order valence-corrected chi connectivity index (χ1v) is 5.62. The van der Waals surface area contributed by atoms with Crippen molar-refractivity contribution in [2.24, 2.45) is 0 Å². The molecule has 0 aliphatic carbocycles. The molecule has 0 aromatic heterocycles. The molecule has 2 nitrogen and oxygen atoms in total. The lowest BCUT2D eigenvalue weighted by atomic mass is 10.1. The number of carbonyl (C=O) groups excluding carboxylic acids is 1. The van der Waals surface area contributed by atoms with E-state index in [1.54, 1.807) is 11.8 Å². The number of thioether (sulfide) groups is 1. The fraction of sp³-hybridized carbons (Fsp3) is 0.889. The highest BCUT2D eigenvalue weighted by atomic mass is 32.2. The molecule has 0 spiro atoms. The van der Waals surface area contributed by atoms with Gasteiger partial charge in [-0.25, -0.2) is 0 Å². The molecule has 1 heterocycles. The van der Waals surface area contributed by atoms with Gasteiger partial charge in [0, 0.05) is 23.6 Å². The minimum Gasteiger partial charge on any atom is -0.337 e. The molecule has 82 valence electrons. The van der Waals surface area contributed by atoms with E-state index < -0.39 is 12.3 Å². The van der Waals surface area contributed by atoms with E-state index in [4.69, 9.17) is 0 Å². The van der Waals surface area contributed by atoms with Gasteiger partial charge in [0.2, 0.25) is 0 Å². The summed E-state index contributed by atoms with van der Waals surface area (Å²) in [6.45, 7) is 5.04. The highest BCUT2D eigenvalue weighted by molar-refractivity contribution is 8.00. The van der Waals surface area contributed by atoms with Gasteiger partial charge in [0.05, 0.1) is 0 Å². The maximum absolute atomic E-state index is 12.1. The Bertz CT molecular complexity index is 221. The van der Waals surface area contributed by atoms with Crippen molar-refractivity contribution < 1.29 is 13.6 Å². The predicted octanol–water partition coefficient (Wildman–Crippen LogP) is 2.00. The standard InChI is InChI=1S/C9H15F2NOS/c1-9(2)3-4-12(5-6-14-9)8(13)7(10)11/h7H,3-6H2,1-2H3. The zero-order valence-electron chi connectivity index (χ0n) is 8.43. The second-order valence-corrected chi connectivity index (χ2v) is 5.79. The third kappa shape index (κ3) is 3.12. The molecule has 1 fully saturated rings. The molecule has 1 saturated heterocycles. The molecule has 5 heteroatoms. The second kappa shape index (κ2) is 4.47. The van der Waals surface area contributed by atoms with Crippen LogP contribution < -0.4 is 0 Å². The van der Waals surface area contributed by atoms with Gasteiger partial charge in [0.15, 0.2) is 0 Å². The van der Waals surface area contributed by atoms with Crippen molar-refractivity contribution in [1.29, 1.82) is 0 Å². The Morgan fingerprint density at radius 2 is 2.07 bits per heavy atom. The van der Waals surface area contributed by atoms with Gasteiger partial charge in [-0.3, -0.25) is 4.79 Å². The molecule has 0 aromatic carbocycles. The average molecular weight is 223 g/mol. The Morgan fingerprint density at radius 3 is 2.64 bits per heavy atom. The number of hydrogen-bond acceptors (Lipinski definition) is 2. The van der Waals surface area contributed by atoms with Crippen LogP contribution in [0.5, 0.6) is 0 Å². The maximum atomic E-state index is 12.1. The highest BCUT2D eigenvalue weighted by Crippen LogP contribution is 2.30. The zero-order valence-corrected chi connectivity index (χ0v) is 9.24. The number of carbonyl (C=O) groups is 1. The molecule has 0 aromatic rings. The van der Waals surface area contributed by atoms with Gasteiger partial charge < -0.3 is 4.90 Å². The van der Waals surface area contributed by atoms with Crippen molar-refractivity contribution in [2.45, 2.75) is 31.4 Å². The number of nitrogens with zero attached hydrogens (tertiary/aromatic N) is 1. The summed E-state index contributed by atoms with van der Waals surface area (Å²) in [5, 5.41) is 0. The van der Waals surface area contributed by atoms with Gasteiger partial charge in [-0.15, -0.1) is 0 Å². The molecule has 0 radical (unpaired) electrons. The smallest absolute Gasteiger partial charge is 0.315 e. The van der Waals surface area contributed by atoms with Crippen molar-refractivity contribution in [3.05, 3.63) is 0 Å². The van der Waals surface area contributed by atoms with E-state index in [9.17, 15) is 13.6 Å². The summed E-state index contributed by atoms with van der Waals surface area (Å²) in [5.41, 5.74) is 0. The van der Waals surface area contributed by atoms with Crippen LogP contribution in [0.25, 0.3) is 0 Å². The normalized spacial score (nSPS) is 22.2. The van der Waals surface area contributed by atoms with Gasteiger partial charge in [-0.2, -0.15) is 20.5 Å². The molecule has 0 N–H and O–H groups in total. The molecular weight excluding hydrogens is 208 g/mol. The zero-order chi connectivity index (χ0) is 10.8. The third-order valence-corrected chi connectivity index (χ3v) is 3.71. The first-order valence-electron chi connectivity index (χ1n) is 4.63. The van der Waals surface area contributed by atoms with Gasteiger partial charge in [0.25, 0.3) is 5.91 Å². The topological polar surface area (TPSA) is 20.3 Å². The minimum absolute atomic E-state index is 0.0944. The predicted molar refractivity (Wildman–Crippen MR) is 53.7 cm³/mol. The molecule has 1 amide bonds. The Balaban J connectivity index is 2.54. The second-order valence-electron chi connectivity index (χ2n) is 3.98. The lowest BCUT2D eigenvalue weighted by Gasteiger charge is -2.22. The van der Waals surface area contributed by atoms with E-state index in [0.717, 1.165) is 12.2 Å². The van der Waals surface area contributed by atoms with Crippen LogP contribution >= 0.6 is 11.8 Å². The highest BCUT2D eigenvalue weighted by Gasteiger charge is 2.29. The summed E-state index contributed by atoms with van der Waals surface area (Å²) in [6, 6.07) is 0. The quantitative estimate of drug-likeness (QED) is 0.677. The lowest BCUT2D eigenvalue weighted by molar-refractivity contribution is -0.142. The van der Waals surface area contributed by atoms with E-state index >= 15 is 0 Å². The molecule has 0 unspecified atom stereocenters. The van der Waals surface area contributed by atoms with E-state index in [2.05, 4.69) is 13.8 Å². The summed E-state index contributed by atoms with van der Waals surface area (Å²) in [4.78, 5) is 12.3. The molecule has 0 saturated carbocycles. The summed E-state index contributed by atoms with van der Waals surface area (Å²) >= 11 is 1.74. The van der Waals surface area contributed by atoms with Gasteiger partial charge in [-0.05, 0) is 6.42 Å². The fourth-order valence-electron chi connectivity index (χ4n) is 1.38. The largest absolute Gasteiger partial charge is 0.337 e. The number of halogens is 2. The van der Waals surface area contributed by atoms with Crippen LogP contribution in [0.2, 0.25) is 0 Å². The summed E-state index contributed by atoms with van der Waals surface area (Å²) in [7, 11) is 0. The Kier molecular flexibility index (Phi) is 3.75. The van der Waals surface area contributed by atoms with Crippen molar-refractivity contribution in [1.82, 2.24) is 4.90 Å². The van der Waals surface area contributed by atoms with Crippen LogP contribution in [0, 0.1) is 0 Å². The maximum Gasteiger partial charge on any atom is 0.315 e. The van der Waals surface area contributed by atoms with Crippen LogP contribution in [0.4, 0.5) is 8.78 Å². The molecule has 14 heavy (non-hydrogen) atoms. The number of rotatable bonds is 1. The van der Waals surface area contributed by atoms with E-state index in [1.807, 2.05) is 0 Å². The van der Waals surface area contributed by atoms with E-state index in [0.29, 0.717) is 13.1 Å². The minimum atomic E-state index is -2.86. The molecule has 1 aliphatic heterocycles. The molecule has 0 bridgehead atoms. The van der Waals surface area contributed by atoms with Gasteiger partial charge >= 0.3 is 6.43 Å². The Morgan fingerprint density at radius 1 is 1.43 bits per heavy atom. The summed E-state index contributed by atoms with van der Waals surface area (Å²) in [5.74, 6) is -0.283. The van der Waals surface area contributed by atoms with Crippen molar-refractivity contribution in [3.63, 3.8) is 0 Å². The summed E-state index contributed by atoms with van der Waals surface area (Å²) in [6.07, 6.45) is -2.09. The summed E-state index contributed by atoms with van der Waals surface area (Å²) < 4.78 is 24.4. The number of alkyl halides is 2. The van der Waals surface area contributed by atoms with Crippen LogP contribution in [-0.2, 0) is 4.79 Å². The Hall–Kier alpha value is -0.320. The van der Waals surface area contributed by atoms with Crippen molar-refractivity contribution in [2.75, 3.05) is 18.8 Å². The first kappa shape index (κ1) is 11.8. The molecular formula is C9H15F2NOS. The molecule has 0 atom stereocenters. The number of amides is 1. The lowest BCUT2D eigenvalue weighted by Crippen LogP contribution is -2.37. The van der Waals surface area contributed by atoms with E-state index in [1.165, 1.54) is 4.90 Å². The van der Waals surface area contributed by atoms with Crippen LogP contribution in [0.1, 0.15) is 20.3 Å². The van der Waals surface area contributed by atoms with Gasteiger partial charge in [0.1, 0.15) is 0 Å². The van der Waals surface area contributed by atoms with Crippen LogP contribution in [0.15, 0.2) is 0 Å². The molecule has 1 aliphatic rings. The average Bonchev–Trinajstić information content (AvgIpc) is 2.25. The SMILES string of the molecule is CC1(C)CCN(C(=O)C(F)F)CCS1. The van der Waals surface area contributed by atoms with Gasteiger partial charge in [-0.1, -0.05) is 13.8 Å².